The Morgan fingerprint density at radius 1 is 1.00 bits per heavy atom. The van der Waals surface area contributed by atoms with Crippen LogP contribution in [-0.4, -0.2) is 18.4 Å². The number of benzene rings is 1. The lowest BCUT2D eigenvalue weighted by molar-refractivity contribution is -0.157. The van der Waals surface area contributed by atoms with E-state index in [0.717, 1.165) is 24.8 Å². The second-order valence-corrected chi connectivity index (χ2v) is 9.02. The molecule has 0 N–H and O–H groups in total. The fraction of sp³-hybridized carbons (Fsp3) is 0.600. The molecule has 0 radical (unpaired) electrons. The first-order chi connectivity index (χ1) is 11.9. The predicted molar refractivity (Wildman–Crippen MR) is 96.7 cm³/mol. The first-order valence-electron chi connectivity index (χ1n) is 9.06. The highest BCUT2D eigenvalue weighted by molar-refractivity contribution is 6.42. The van der Waals surface area contributed by atoms with Gasteiger partial charge in [-0.15, -0.1) is 0 Å². The zero-order valence-electron chi connectivity index (χ0n) is 14.1. The third kappa shape index (κ3) is 3.46. The molecular formula is C20H22Cl2O3. The van der Waals surface area contributed by atoms with Gasteiger partial charge in [-0.3, -0.25) is 9.59 Å². The van der Waals surface area contributed by atoms with Crippen molar-refractivity contribution in [2.45, 2.75) is 44.9 Å². The Hall–Kier alpha value is -1.06. The minimum Gasteiger partial charge on any atom is -0.457 e. The molecule has 0 spiro atoms. The van der Waals surface area contributed by atoms with Crippen LogP contribution in [0, 0.1) is 23.2 Å². The largest absolute Gasteiger partial charge is 0.457 e. The van der Waals surface area contributed by atoms with E-state index in [9.17, 15) is 9.59 Å². The molecule has 0 saturated heterocycles. The molecule has 0 unspecified atom stereocenters. The van der Waals surface area contributed by atoms with Gasteiger partial charge in [-0.25, -0.2) is 0 Å². The van der Waals surface area contributed by atoms with Gasteiger partial charge in [0.25, 0.3) is 0 Å². The van der Waals surface area contributed by atoms with E-state index in [4.69, 9.17) is 27.9 Å². The molecule has 0 aromatic heterocycles. The van der Waals surface area contributed by atoms with Crippen molar-refractivity contribution >= 4 is 35.0 Å². The van der Waals surface area contributed by atoms with E-state index < -0.39 is 5.97 Å². The van der Waals surface area contributed by atoms with E-state index in [0.29, 0.717) is 27.8 Å². The fourth-order valence-electron chi connectivity index (χ4n) is 5.62. The van der Waals surface area contributed by atoms with E-state index in [2.05, 4.69) is 0 Å². The molecule has 4 aliphatic carbocycles. The van der Waals surface area contributed by atoms with Gasteiger partial charge >= 0.3 is 5.97 Å². The number of Topliss-reactive ketones (excluding diaryl/α,β-unsaturated/α-hetero) is 1. The van der Waals surface area contributed by atoms with E-state index in [1.54, 1.807) is 18.2 Å². The van der Waals surface area contributed by atoms with E-state index in [1.165, 1.54) is 19.3 Å². The number of halogens is 2. The summed E-state index contributed by atoms with van der Waals surface area (Å²) in [5, 5.41) is 0.868. The van der Waals surface area contributed by atoms with Crippen LogP contribution < -0.4 is 0 Å². The van der Waals surface area contributed by atoms with Crippen LogP contribution in [0.25, 0.3) is 0 Å². The highest BCUT2D eigenvalue weighted by atomic mass is 35.5. The van der Waals surface area contributed by atoms with Gasteiger partial charge in [0, 0.05) is 5.41 Å². The Morgan fingerprint density at radius 2 is 1.60 bits per heavy atom. The van der Waals surface area contributed by atoms with Gasteiger partial charge in [0.05, 0.1) is 16.5 Å². The van der Waals surface area contributed by atoms with E-state index in [-0.39, 0.29) is 24.2 Å². The van der Waals surface area contributed by atoms with Crippen LogP contribution >= 0.6 is 23.2 Å². The highest BCUT2D eigenvalue weighted by Gasteiger charge is 2.54. The Bertz CT molecular complexity index is 678. The van der Waals surface area contributed by atoms with Crippen molar-refractivity contribution in [3.05, 3.63) is 33.8 Å². The van der Waals surface area contributed by atoms with Crippen molar-refractivity contribution in [1.82, 2.24) is 0 Å². The number of carbonyl (C=O) groups is 2. The maximum Gasteiger partial charge on any atom is 0.310 e. The first kappa shape index (κ1) is 17.4. The summed E-state index contributed by atoms with van der Waals surface area (Å²) in [5.41, 5.74) is 0.528. The van der Waals surface area contributed by atoms with Crippen LogP contribution in [-0.2, 0) is 20.7 Å². The predicted octanol–water partition coefficient (Wildman–Crippen LogP) is 4.86. The van der Waals surface area contributed by atoms with Gasteiger partial charge < -0.3 is 4.74 Å². The maximum absolute atomic E-state index is 12.8. The summed E-state index contributed by atoms with van der Waals surface area (Å²) >= 11 is 11.8. The van der Waals surface area contributed by atoms with Gasteiger partial charge in [-0.2, -0.15) is 0 Å². The summed E-state index contributed by atoms with van der Waals surface area (Å²) in [6.07, 6.45) is 6.99. The van der Waals surface area contributed by atoms with Crippen molar-refractivity contribution in [3.8, 4) is 0 Å². The van der Waals surface area contributed by atoms with Gasteiger partial charge in [-0.1, -0.05) is 29.3 Å². The molecule has 0 aliphatic heterocycles. The average Bonchev–Trinajstić information content (AvgIpc) is 2.55. The zero-order valence-corrected chi connectivity index (χ0v) is 15.6. The van der Waals surface area contributed by atoms with Crippen LogP contribution in [0.3, 0.4) is 0 Å². The second-order valence-electron chi connectivity index (χ2n) is 8.21. The molecule has 4 aliphatic rings. The van der Waals surface area contributed by atoms with Crippen LogP contribution in [0.2, 0.25) is 10.0 Å². The molecule has 3 nitrogen and oxygen atoms in total. The molecule has 0 atom stereocenters. The number of carbonyl (C=O) groups excluding carboxylic acids is 2. The lowest BCUT2D eigenvalue weighted by Gasteiger charge is -2.55. The number of rotatable bonds is 5. The number of ether oxygens (including phenoxy) is 1. The smallest absolute Gasteiger partial charge is 0.310 e. The van der Waals surface area contributed by atoms with Crippen molar-refractivity contribution in [1.29, 1.82) is 0 Å². The lowest BCUT2D eigenvalue weighted by atomic mass is 9.48. The van der Waals surface area contributed by atoms with Crippen molar-refractivity contribution in [2.75, 3.05) is 6.61 Å². The van der Waals surface area contributed by atoms with Gasteiger partial charge in [0.2, 0.25) is 0 Å². The minimum absolute atomic E-state index is 0.0910. The Balaban J connectivity index is 1.34. The topological polar surface area (TPSA) is 43.4 Å². The number of hydrogen-bond acceptors (Lipinski definition) is 3. The normalized spacial score (nSPS) is 32.6. The van der Waals surface area contributed by atoms with Crippen molar-refractivity contribution in [3.63, 3.8) is 0 Å². The first-order valence-corrected chi connectivity index (χ1v) is 9.82. The third-order valence-corrected chi connectivity index (χ3v) is 7.07. The molecule has 1 aromatic carbocycles. The van der Waals surface area contributed by atoms with Gasteiger partial charge in [-0.05, 0) is 74.0 Å². The van der Waals surface area contributed by atoms with Crippen LogP contribution in [0.5, 0.6) is 0 Å². The van der Waals surface area contributed by atoms with Gasteiger partial charge in [0.1, 0.15) is 0 Å². The molecule has 5 heteroatoms. The molecule has 1 aromatic rings. The molecule has 0 heterocycles. The van der Waals surface area contributed by atoms with Crippen LogP contribution in [0.1, 0.15) is 44.1 Å². The van der Waals surface area contributed by atoms with Crippen LogP contribution in [0.4, 0.5) is 0 Å². The third-order valence-electron chi connectivity index (χ3n) is 6.33. The summed E-state index contributed by atoms with van der Waals surface area (Å²) in [4.78, 5) is 24.9. The monoisotopic (exact) mass is 380 g/mol. The summed E-state index contributed by atoms with van der Waals surface area (Å²) in [5.74, 6) is 1.87. The van der Waals surface area contributed by atoms with Crippen molar-refractivity contribution < 1.29 is 14.3 Å². The lowest BCUT2D eigenvalue weighted by Crippen LogP contribution is -2.51. The average molecular weight is 381 g/mol. The summed E-state index contributed by atoms with van der Waals surface area (Å²) in [6, 6.07) is 5.06. The quantitative estimate of drug-likeness (QED) is 0.684. The summed E-state index contributed by atoms with van der Waals surface area (Å²) in [6.45, 7) is -0.0910. The van der Waals surface area contributed by atoms with Crippen molar-refractivity contribution in [2.24, 2.45) is 23.2 Å². The maximum atomic E-state index is 12.8. The molecule has 25 heavy (non-hydrogen) atoms. The minimum atomic E-state index is -0.392. The Kier molecular flexibility index (Phi) is 4.57. The molecule has 4 saturated carbocycles. The molecule has 4 fully saturated rings. The number of esters is 1. The summed E-state index contributed by atoms with van der Waals surface area (Å²) in [7, 11) is 0. The molecular weight excluding hydrogens is 359 g/mol. The fourth-order valence-corrected chi connectivity index (χ4v) is 5.94. The molecule has 4 bridgehead atoms. The van der Waals surface area contributed by atoms with E-state index in [1.807, 2.05) is 0 Å². The molecule has 134 valence electrons. The Morgan fingerprint density at radius 3 is 2.16 bits per heavy atom. The van der Waals surface area contributed by atoms with E-state index >= 15 is 0 Å². The number of hydrogen-bond donors (Lipinski definition) is 0. The highest BCUT2D eigenvalue weighted by Crippen LogP contribution is 2.60. The number of ketones is 1. The van der Waals surface area contributed by atoms with Gasteiger partial charge in [0.15, 0.2) is 12.4 Å². The zero-order chi connectivity index (χ0) is 17.6. The summed E-state index contributed by atoms with van der Waals surface area (Å²) < 4.78 is 5.30. The SMILES string of the molecule is O=C(Cc1ccc(Cl)c(Cl)c1)OCC(=O)C12CC3CC(CC(C3)C1)C2. The molecule has 0 amide bonds. The standard InChI is InChI=1S/C20H22Cl2O3/c21-16-2-1-12(6-17(16)22)7-19(24)25-11-18(23)20-8-13-3-14(9-20)5-15(4-13)10-20/h1-2,6,13-15H,3-5,7-11H2. The Labute approximate surface area is 158 Å². The molecule has 5 rings (SSSR count). The van der Waals surface area contributed by atoms with Crippen LogP contribution in [0.15, 0.2) is 18.2 Å². The second kappa shape index (κ2) is 6.59.